The van der Waals surface area contributed by atoms with E-state index in [-0.39, 0.29) is 5.92 Å². The van der Waals surface area contributed by atoms with Crippen LogP contribution in [-0.4, -0.2) is 37.1 Å². The predicted octanol–water partition coefficient (Wildman–Crippen LogP) is 2.43. The first-order chi connectivity index (χ1) is 9.34. The van der Waals surface area contributed by atoms with Gasteiger partial charge in [0.2, 0.25) is 5.91 Å². The Morgan fingerprint density at radius 3 is 2.47 bits per heavy atom. The molecule has 1 atom stereocenters. The van der Waals surface area contributed by atoms with E-state index in [4.69, 9.17) is 4.74 Å². The SMILES string of the molecule is O=C([C@H]1CCOC1)N1CCC(c2ccccc2)CC1. The van der Waals surface area contributed by atoms with E-state index in [0.717, 1.165) is 39.0 Å². The number of carbonyl (C=O) groups excluding carboxylic acids is 1. The minimum Gasteiger partial charge on any atom is -0.381 e. The van der Waals surface area contributed by atoms with Crippen LogP contribution in [0.2, 0.25) is 0 Å². The van der Waals surface area contributed by atoms with E-state index in [0.29, 0.717) is 18.4 Å². The normalized spacial score (nSPS) is 24.6. The lowest BCUT2D eigenvalue weighted by Crippen LogP contribution is -2.41. The Labute approximate surface area is 114 Å². The molecule has 0 bridgehead atoms. The Morgan fingerprint density at radius 2 is 1.84 bits per heavy atom. The smallest absolute Gasteiger partial charge is 0.228 e. The second kappa shape index (κ2) is 5.74. The van der Waals surface area contributed by atoms with Crippen LogP contribution in [0.4, 0.5) is 0 Å². The van der Waals surface area contributed by atoms with Gasteiger partial charge in [-0.1, -0.05) is 30.3 Å². The summed E-state index contributed by atoms with van der Waals surface area (Å²) in [4.78, 5) is 14.3. The lowest BCUT2D eigenvalue weighted by molar-refractivity contribution is -0.136. The first-order valence-corrected chi connectivity index (χ1v) is 7.26. The molecule has 2 aliphatic rings. The highest BCUT2D eigenvalue weighted by Gasteiger charge is 2.30. The molecule has 1 amide bonds. The summed E-state index contributed by atoms with van der Waals surface area (Å²) in [5.74, 6) is 1.04. The number of hydrogen-bond donors (Lipinski definition) is 0. The van der Waals surface area contributed by atoms with E-state index in [1.54, 1.807) is 0 Å². The number of rotatable bonds is 2. The fourth-order valence-electron chi connectivity index (χ4n) is 3.15. The highest BCUT2D eigenvalue weighted by molar-refractivity contribution is 5.79. The second-order valence-corrected chi connectivity index (χ2v) is 5.57. The van der Waals surface area contributed by atoms with E-state index in [1.165, 1.54) is 5.56 Å². The van der Waals surface area contributed by atoms with E-state index >= 15 is 0 Å². The molecule has 0 aromatic heterocycles. The van der Waals surface area contributed by atoms with Crippen LogP contribution in [-0.2, 0) is 9.53 Å². The van der Waals surface area contributed by atoms with Crippen molar-refractivity contribution in [3.05, 3.63) is 35.9 Å². The summed E-state index contributed by atoms with van der Waals surface area (Å²) in [6.45, 7) is 3.16. The number of piperidine rings is 1. The van der Waals surface area contributed by atoms with Gasteiger partial charge >= 0.3 is 0 Å². The molecular weight excluding hydrogens is 238 g/mol. The van der Waals surface area contributed by atoms with Crippen molar-refractivity contribution in [3.8, 4) is 0 Å². The van der Waals surface area contributed by atoms with Gasteiger partial charge in [-0.2, -0.15) is 0 Å². The minimum absolute atomic E-state index is 0.119. The minimum atomic E-state index is 0.119. The van der Waals surface area contributed by atoms with Crippen LogP contribution < -0.4 is 0 Å². The quantitative estimate of drug-likeness (QED) is 0.816. The molecule has 0 N–H and O–H groups in total. The molecule has 0 radical (unpaired) electrons. The van der Waals surface area contributed by atoms with Gasteiger partial charge in [0.25, 0.3) is 0 Å². The monoisotopic (exact) mass is 259 g/mol. The van der Waals surface area contributed by atoms with E-state index in [1.807, 2.05) is 4.90 Å². The average molecular weight is 259 g/mol. The molecule has 2 aliphatic heterocycles. The van der Waals surface area contributed by atoms with Crippen molar-refractivity contribution in [2.24, 2.45) is 5.92 Å². The van der Waals surface area contributed by atoms with Gasteiger partial charge in [0.1, 0.15) is 0 Å². The standard InChI is InChI=1S/C16H21NO2/c18-16(15-8-11-19-12-15)17-9-6-14(7-10-17)13-4-2-1-3-5-13/h1-5,14-15H,6-12H2/t15-/m0/s1. The molecule has 2 saturated heterocycles. The van der Waals surface area contributed by atoms with Crippen molar-refractivity contribution in [1.29, 1.82) is 0 Å². The van der Waals surface area contributed by atoms with Crippen molar-refractivity contribution < 1.29 is 9.53 Å². The highest BCUT2D eigenvalue weighted by atomic mass is 16.5. The van der Waals surface area contributed by atoms with Crippen molar-refractivity contribution >= 4 is 5.91 Å². The topological polar surface area (TPSA) is 29.5 Å². The van der Waals surface area contributed by atoms with Crippen LogP contribution in [0.1, 0.15) is 30.7 Å². The van der Waals surface area contributed by atoms with Crippen LogP contribution in [0.5, 0.6) is 0 Å². The third-order valence-corrected chi connectivity index (χ3v) is 4.36. The molecule has 2 heterocycles. The summed E-state index contributed by atoms with van der Waals surface area (Å²) in [7, 11) is 0. The summed E-state index contributed by atoms with van der Waals surface area (Å²) in [6, 6.07) is 10.7. The first kappa shape index (κ1) is 12.7. The molecule has 0 spiro atoms. The van der Waals surface area contributed by atoms with Crippen LogP contribution in [0.3, 0.4) is 0 Å². The zero-order valence-corrected chi connectivity index (χ0v) is 11.3. The van der Waals surface area contributed by atoms with Gasteiger partial charge in [0, 0.05) is 19.7 Å². The molecule has 0 saturated carbocycles. The summed E-state index contributed by atoms with van der Waals surface area (Å²) in [5, 5.41) is 0. The highest BCUT2D eigenvalue weighted by Crippen LogP contribution is 2.29. The van der Waals surface area contributed by atoms with Gasteiger partial charge in [-0.25, -0.2) is 0 Å². The Bertz CT molecular complexity index is 418. The van der Waals surface area contributed by atoms with E-state index in [9.17, 15) is 4.79 Å². The van der Waals surface area contributed by atoms with E-state index < -0.39 is 0 Å². The molecule has 19 heavy (non-hydrogen) atoms. The van der Waals surface area contributed by atoms with Gasteiger partial charge in [0.15, 0.2) is 0 Å². The number of amides is 1. The van der Waals surface area contributed by atoms with Gasteiger partial charge in [-0.05, 0) is 30.7 Å². The number of hydrogen-bond acceptors (Lipinski definition) is 2. The van der Waals surface area contributed by atoms with Crippen LogP contribution >= 0.6 is 0 Å². The maximum Gasteiger partial charge on any atom is 0.228 e. The van der Waals surface area contributed by atoms with Gasteiger partial charge in [-0.3, -0.25) is 4.79 Å². The second-order valence-electron chi connectivity index (χ2n) is 5.57. The Balaban J connectivity index is 1.56. The molecule has 3 rings (SSSR count). The van der Waals surface area contributed by atoms with Crippen LogP contribution in [0, 0.1) is 5.92 Å². The zero-order valence-electron chi connectivity index (χ0n) is 11.3. The Kier molecular flexibility index (Phi) is 3.83. The molecule has 0 unspecified atom stereocenters. The summed E-state index contributed by atoms with van der Waals surface area (Å²) in [6.07, 6.45) is 3.07. The molecule has 1 aromatic rings. The molecular formula is C16H21NO2. The summed E-state index contributed by atoms with van der Waals surface area (Å²) >= 11 is 0. The molecule has 1 aromatic carbocycles. The number of likely N-dealkylation sites (tertiary alicyclic amines) is 1. The van der Waals surface area contributed by atoms with Gasteiger partial charge in [0.05, 0.1) is 12.5 Å². The molecule has 102 valence electrons. The third-order valence-electron chi connectivity index (χ3n) is 4.36. The number of carbonyl (C=O) groups is 1. The van der Waals surface area contributed by atoms with Gasteiger partial charge in [-0.15, -0.1) is 0 Å². The summed E-state index contributed by atoms with van der Waals surface area (Å²) < 4.78 is 5.31. The maximum absolute atomic E-state index is 12.3. The zero-order chi connectivity index (χ0) is 13.1. The lowest BCUT2D eigenvalue weighted by Gasteiger charge is -2.33. The Morgan fingerprint density at radius 1 is 1.11 bits per heavy atom. The number of benzene rings is 1. The number of ether oxygens (including phenoxy) is 1. The Hall–Kier alpha value is -1.35. The van der Waals surface area contributed by atoms with Crippen molar-refractivity contribution in [1.82, 2.24) is 4.90 Å². The predicted molar refractivity (Wildman–Crippen MR) is 73.9 cm³/mol. The summed E-state index contributed by atoms with van der Waals surface area (Å²) in [5.41, 5.74) is 1.42. The fraction of sp³-hybridized carbons (Fsp3) is 0.562. The van der Waals surface area contributed by atoms with E-state index in [2.05, 4.69) is 30.3 Å². The first-order valence-electron chi connectivity index (χ1n) is 7.26. The van der Waals surface area contributed by atoms with Crippen LogP contribution in [0.15, 0.2) is 30.3 Å². The van der Waals surface area contributed by atoms with Crippen molar-refractivity contribution in [2.75, 3.05) is 26.3 Å². The lowest BCUT2D eigenvalue weighted by atomic mass is 9.89. The molecule has 0 aliphatic carbocycles. The third kappa shape index (κ3) is 2.81. The molecule has 3 heteroatoms. The molecule has 3 nitrogen and oxygen atoms in total. The maximum atomic E-state index is 12.3. The van der Waals surface area contributed by atoms with Crippen molar-refractivity contribution in [3.63, 3.8) is 0 Å². The molecule has 2 fully saturated rings. The van der Waals surface area contributed by atoms with Crippen molar-refractivity contribution in [2.45, 2.75) is 25.2 Å². The largest absolute Gasteiger partial charge is 0.381 e. The average Bonchev–Trinajstić information content (AvgIpc) is 3.02. The van der Waals surface area contributed by atoms with Crippen LogP contribution in [0.25, 0.3) is 0 Å². The number of nitrogens with zero attached hydrogens (tertiary/aromatic N) is 1. The fourth-order valence-corrected chi connectivity index (χ4v) is 3.15. The van der Waals surface area contributed by atoms with Gasteiger partial charge < -0.3 is 9.64 Å².